The van der Waals surface area contributed by atoms with Gasteiger partial charge in [0.1, 0.15) is 0 Å². The van der Waals surface area contributed by atoms with E-state index in [1.165, 1.54) is 0 Å². The van der Waals surface area contributed by atoms with Crippen molar-refractivity contribution < 1.29 is 9.59 Å². The summed E-state index contributed by atoms with van der Waals surface area (Å²) >= 11 is 0. The van der Waals surface area contributed by atoms with Crippen LogP contribution in [0.5, 0.6) is 0 Å². The van der Waals surface area contributed by atoms with Crippen molar-refractivity contribution in [2.24, 2.45) is 0 Å². The molecule has 0 heterocycles. The molecule has 0 spiro atoms. The van der Waals surface area contributed by atoms with Gasteiger partial charge >= 0.3 is 6.03 Å². The Bertz CT molecular complexity index is 470. The summed E-state index contributed by atoms with van der Waals surface area (Å²) in [5.74, 6) is -0.188. The first-order valence-electron chi connectivity index (χ1n) is 6.50. The predicted molar refractivity (Wildman–Crippen MR) is 72.6 cm³/mol. The van der Waals surface area contributed by atoms with Crippen LogP contribution in [0.2, 0.25) is 0 Å². The molecule has 0 bridgehead atoms. The van der Waals surface area contributed by atoms with E-state index in [2.05, 4.69) is 16.0 Å². The molecule has 19 heavy (non-hydrogen) atoms. The van der Waals surface area contributed by atoms with E-state index in [1.807, 2.05) is 31.2 Å². The molecule has 5 heteroatoms. The molecule has 1 aliphatic rings. The summed E-state index contributed by atoms with van der Waals surface area (Å²) in [6, 6.07) is 7.98. The Balaban J connectivity index is 1.65. The summed E-state index contributed by atoms with van der Waals surface area (Å²) in [7, 11) is 0. The van der Waals surface area contributed by atoms with E-state index < -0.39 is 0 Å². The molecule has 1 aromatic carbocycles. The van der Waals surface area contributed by atoms with Gasteiger partial charge in [-0.05, 0) is 25.3 Å². The minimum absolute atomic E-state index is 0.00433. The van der Waals surface area contributed by atoms with Gasteiger partial charge in [0.2, 0.25) is 5.91 Å². The maximum Gasteiger partial charge on any atom is 0.315 e. The largest absolute Gasteiger partial charge is 0.350 e. The number of urea groups is 1. The number of benzene rings is 1. The number of hydrogen-bond donors (Lipinski definition) is 3. The lowest BCUT2D eigenvalue weighted by Crippen LogP contribution is -2.42. The number of rotatable bonds is 5. The van der Waals surface area contributed by atoms with Crippen LogP contribution in [0, 0.1) is 6.92 Å². The van der Waals surface area contributed by atoms with Gasteiger partial charge in [-0.3, -0.25) is 4.79 Å². The van der Waals surface area contributed by atoms with Crippen molar-refractivity contribution in [2.75, 3.05) is 6.54 Å². The number of aryl methyl sites for hydroxylation is 1. The van der Waals surface area contributed by atoms with Gasteiger partial charge in [0, 0.05) is 12.6 Å². The Morgan fingerprint density at radius 3 is 2.74 bits per heavy atom. The lowest BCUT2D eigenvalue weighted by Gasteiger charge is -2.08. The zero-order valence-electron chi connectivity index (χ0n) is 11.0. The van der Waals surface area contributed by atoms with Crippen LogP contribution < -0.4 is 16.0 Å². The molecule has 3 N–H and O–H groups in total. The third kappa shape index (κ3) is 4.99. The van der Waals surface area contributed by atoms with Gasteiger partial charge in [0.05, 0.1) is 6.54 Å². The van der Waals surface area contributed by atoms with Crippen molar-refractivity contribution in [3.05, 3.63) is 35.4 Å². The third-order valence-corrected chi connectivity index (χ3v) is 2.89. The van der Waals surface area contributed by atoms with Crippen LogP contribution in [0.1, 0.15) is 24.0 Å². The SMILES string of the molecule is Cc1cccc(CNC(=O)CNC(=O)NC2CC2)c1. The smallest absolute Gasteiger partial charge is 0.315 e. The molecule has 0 radical (unpaired) electrons. The van der Waals surface area contributed by atoms with Gasteiger partial charge in [-0.1, -0.05) is 29.8 Å². The molecule has 2 rings (SSSR count). The number of nitrogens with one attached hydrogen (secondary N) is 3. The van der Waals surface area contributed by atoms with Crippen molar-refractivity contribution in [3.63, 3.8) is 0 Å². The molecular formula is C14H19N3O2. The highest BCUT2D eigenvalue weighted by Gasteiger charge is 2.23. The number of amides is 3. The Kier molecular flexibility index (Phi) is 4.39. The first-order chi connectivity index (χ1) is 9.13. The summed E-state index contributed by atoms with van der Waals surface area (Å²) < 4.78 is 0. The summed E-state index contributed by atoms with van der Waals surface area (Å²) in [6.07, 6.45) is 2.07. The van der Waals surface area contributed by atoms with Crippen LogP contribution in [0.3, 0.4) is 0 Å². The molecule has 1 aliphatic carbocycles. The molecule has 5 nitrogen and oxygen atoms in total. The molecule has 1 fully saturated rings. The maximum atomic E-state index is 11.6. The highest BCUT2D eigenvalue weighted by atomic mass is 16.2. The topological polar surface area (TPSA) is 70.2 Å². The lowest BCUT2D eigenvalue weighted by molar-refractivity contribution is -0.120. The molecule has 0 atom stereocenters. The quantitative estimate of drug-likeness (QED) is 0.742. The van der Waals surface area contributed by atoms with Gasteiger partial charge in [0.25, 0.3) is 0 Å². The van der Waals surface area contributed by atoms with Gasteiger partial charge in [-0.2, -0.15) is 0 Å². The standard InChI is InChI=1S/C14H19N3O2/c1-10-3-2-4-11(7-10)8-15-13(18)9-16-14(19)17-12-5-6-12/h2-4,7,12H,5-6,8-9H2,1H3,(H,15,18)(H2,16,17,19). The zero-order chi connectivity index (χ0) is 13.7. The Morgan fingerprint density at radius 1 is 1.26 bits per heavy atom. The predicted octanol–water partition coefficient (Wildman–Crippen LogP) is 1.07. The monoisotopic (exact) mass is 261 g/mol. The van der Waals surface area contributed by atoms with E-state index in [9.17, 15) is 9.59 Å². The van der Waals surface area contributed by atoms with Crippen molar-refractivity contribution in [2.45, 2.75) is 32.4 Å². The van der Waals surface area contributed by atoms with Gasteiger partial charge in [0.15, 0.2) is 0 Å². The summed E-state index contributed by atoms with van der Waals surface area (Å²) in [5.41, 5.74) is 2.21. The van der Waals surface area contributed by atoms with Crippen molar-refractivity contribution in [1.82, 2.24) is 16.0 Å². The minimum Gasteiger partial charge on any atom is -0.350 e. The highest BCUT2D eigenvalue weighted by Crippen LogP contribution is 2.18. The summed E-state index contributed by atoms with van der Waals surface area (Å²) in [5, 5.41) is 8.07. The summed E-state index contributed by atoms with van der Waals surface area (Å²) in [6.45, 7) is 2.49. The molecule has 0 aromatic heterocycles. The Morgan fingerprint density at radius 2 is 2.05 bits per heavy atom. The molecule has 0 unspecified atom stereocenters. The summed E-state index contributed by atoms with van der Waals surface area (Å²) in [4.78, 5) is 22.9. The first kappa shape index (κ1) is 13.4. The molecule has 0 saturated heterocycles. The number of carbonyl (C=O) groups excluding carboxylic acids is 2. The third-order valence-electron chi connectivity index (χ3n) is 2.89. The number of hydrogen-bond acceptors (Lipinski definition) is 2. The average Bonchev–Trinajstić information content (AvgIpc) is 3.18. The van der Waals surface area contributed by atoms with Crippen LogP contribution in [-0.4, -0.2) is 24.5 Å². The molecule has 3 amide bonds. The van der Waals surface area contributed by atoms with Crippen LogP contribution in [0.15, 0.2) is 24.3 Å². The second kappa shape index (κ2) is 6.22. The Hall–Kier alpha value is -2.04. The molecular weight excluding hydrogens is 242 g/mol. The van der Waals surface area contributed by atoms with Crippen LogP contribution in [0.4, 0.5) is 4.79 Å². The van der Waals surface area contributed by atoms with E-state index in [-0.39, 0.29) is 18.5 Å². The van der Waals surface area contributed by atoms with Gasteiger partial charge in [-0.25, -0.2) is 4.79 Å². The molecule has 102 valence electrons. The fourth-order valence-electron chi connectivity index (χ4n) is 1.71. The second-order valence-corrected chi connectivity index (χ2v) is 4.87. The second-order valence-electron chi connectivity index (χ2n) is 4.87. The zero-order valence-corrected chi connectivity index (χ0v) is 11.0. The molecule has 1 aromatic rings. The van der Waals surface area contributed by atoms with E-state index in [1.54, 1.807) is 0 Å². The van der Waals surface area contributed by atoms with Crippen molar-refractivity contribution in [1.29, 1.82) is 0 Å². The van der Waals surface area contributed by atoms with Crippen molar-refractivity contribution in [3.8, 4) is 0 Å². The van der Waals surface area contributed by atoms with Gasteiger partial charge in [-0.15, -0.1) is 0 Å². The maximum absolute atomic E-state index is 11.6. The normalized spacial score (nSPS) is 13.7. The van der Waals surface area contributed by atoms with Crippen LogP contribution in [0.25, 0.3) is 0 Å². The highest BCUT2D eigenvalue weighted by molar-refractivity contribution is 5.84. The van der Waals surface area contributed by atoms with E-state index in [0.29, 0.717) is 12.6 Å². The van der Waals surface area contributed by atoms with E-state index >= 15 is 0 Å². The number of carbonyl (C=O) groups is 2. The lowest BCUT2D eigenvalue weighted by atomic mass is 10.1. The van der Waals surface area contributed by atoms with E-state index in [4.69, 9.17) is 0 Å². The fraction of sp³-hybridized carbons (Fsp3) is 0.429. The van der Waals surface area contributed by atoms with Gasteiger partial charge < -0.3 is 16.0 Å². The van der Waals surface area contributed by atoms with Crippen LogP contribution in [-0.2, 0) is 11.3 Å². The fourth-order valence-corrected chi connectivity index (χ4v) is 1.71. The van der Waals surface area contributed by atoms with E-state index in [0.717, 1.165) is 24.0 Å². The molecule has 1 saturated carbocycles. The molecule has 0 aliphatic heterocycles. The Labute approximate surface area is 112 Å². The van der Waals surface area contributed by atoms with Crippen molar-refractivity contribution >= 4 is 11.9 Å². The minimum atomic E-state index is -0.270. The van der Waals surface area contributed by atoms with Crippen LogP contribution >= 0.6 is 0 Å². The first-order valence-corrected chi connectivity index (χ1v) is 6.50. The average molecular weight is 261 g/mol.